The minimum Gasteiger partial charge on any atom is -0.481 e. The van der Waals surface area contributed by atoms with Crippen molar-refractivity contribution in [1.82, 2.24) is 0 Å². The van der Waals surface area contributed by atoms with Crippen molar-refractivity contribution < 1.29 is 58.2 Å². The van der Waals surface area contributed by atoms with Crippen LogP contribution in [0.2, 0.25) is 0 Å². The molecule has 7 fully saturated rings. The Bertz CT molecular complexity index is 1690. The first kappa shape index (κ1) is 44.0. The lowest BCUT2D eigenvalue weighted by Gasteiger charge is -2.61. The summed E-state index contributed by atoms with van der Waals surface area (Å²) in [5, 5.41) is 19.7. The van der Waals surface area contributed by atoms with Crippen LogP contribution >= 0.6 is 0 Å². The van der Waals surface area contributed by atoms with Gasteiger partial charge in [0, 0.05) is 17.8 Å². The SMILES string of the molecule is CCCCC/C=C/C(CC(CCCCCCCC(=O)O)C1CC(=O)OC1=O)OOC12C3C(=O)OC(=O)C3C3CC4C5(C)CCCC(C)(C(=O)O)C5CCC41C2C3C(C)C. The summed E-state index contributed by atoms with van der Waals surface area (Å²) in [7, 11) is 0. The van der Waals surface area contributed by atoms with E-state index in [2.05, 4.69) is 33.8 Å². The Morgan fingerprint density at radius 1 is 0.898 bits per heavy atom. The lowest BCUT2D eigenvalue weighted by atomic mass is 9.42. The molecule has 0 amide bonds. The average molecular weight is 825 g/mol. The van der Waals surface area contributed by atoms with E-state index < -0.39 is 76.1 Å². The van der Waals surface area contributed by atoms with Crippen LogP contribution in [0.15, 0.2) is 12.2 Å². The highest BCUT2D eigenvalue weighted by Crippen LogP contribution is 2.89. The summed E-state index contributed by atoms with van der Waals surface area (Å²) >= 11 is 0. The highest BCUT2D eigenvalue weighted by atomic mass is 17.2. The minimum atomic E-state index is -1.14. The summed E-state index contributed by atoms with van der Waals surface area (Å²) in [5.41, 5.74) is -2.86. The van der Waals surface area contributed by atoms with Gasteiger partial charge in [-0.15, -0.1) is 0 Å². The molecule has 2 bridgehead atoms. The molecule has 1 spiro atoms. The van der Waals surface area contributed by atoms with E-state index in [0.717, 1.165) is 64.2 Å². The second kappa shape index (κ2) is 17.0. The Kier molecular flexibility index (Phi) is 12.6. The number of fused-ring (bicyclic) bond motifs is 6. The van der Waals surface area contributed by atoms with Crippen LogP contribution in [0.1, 0.15) is 157 Å². The number of hydrogen-bond donors (Lipinski definition) is 2. The number of aliphatic carboxylic acids is 2. The number of carbonyl (C=O) groups is 6. The van der Waals surface area contributed by atoms with Crippen LogP contribution in [0, 0.1) is 75.4 Å². The molecule has 14 atom stereocenters. The fourth-order valence-electron chi connectivity index (χ4n) is 14.8. The number of ether oxygens (including phenoxy) is 2. The van der Waals surface area contributed by atoms with Gasteiger partial charge in [-0.05, 0) is 112 Å². The van der Waals surface area contributed by atoms with Crippen molar-refractivity contribution in [2.45, 2.75) is 168 Å². The zero-order chi connectivity index (χ0) is 42.5. The van der Waals surface area contributed by atoms with Crippen LogP contribution in [0.3, 0.4) is 0 Å². The van der Waals surface area contributed by atoms with Crippen molar-refractivity contribution in [3.8, 4) is 0 Å². The predicted molar refractivity (Wildman–Crippen MR) is 214 cm³/mol. The molecule has 0 radical (unpaired) electrons. The molecule has 2 N–H and O–H groups in total. The maximum Gasteiger partial charge on any atom is 0.320 e. The van der Waals surface area contributed by atoms with Crippen molar-refractivity contribution in [3.05, 3.63) is 12.2 Å². The van der Waals surface area contributed by atoms with E-state index >= 15 is 0 Å². The molecule has 2 aliphatic heterocycles. The minimum absolute atomic E-state index is 0.00309. The van der Waals surface area contributed by atoms with E-state index in [4.69, 9.17) is 24.4 Å². The van der Waals surface area contributed by atoms with Gasteiger partial charge in [0.15, 0.2) is 0 Å². The van der Waals surface area contributed by atoms with Gasteiger partial charge >= 0.3 is 35.8 Å². The quantitative estimate of drug-likeness (QED) is 0.0281. The number of carboxylic acid groups (broad SMARTS) is 2. The fraction of sp³-hybridized carbons (Fsp3) is 0.830. The molecule has 328 valence electrons. The molecule has 12 nitrogen and oxygen atoms in total. The summed E-state index contributed by atoms with van der Waals surface area (Å²) in [5.74, 6) is -5.98. The third-order valence-corrected chi connectivity index (χ3v) is 17.2. The van der Waals surface area contributed by atoms with Crippen LogP contribution < -0.4 is 0 Å². The van der Waals surface area contributed by atoms with E-state index in [1.165, 1.54) is 0 Å². The monoisotopic (exact) mass is 824 g/mol. The third kappa shape index (κ3) is 7.31. The Balaban J connectivity index is 1.21. The second-order valence-electron chi connectivity index (χ2n) is 20.4. The molecule has 14 unspecified atom stereocenters. The van der Waals surface area contributed by atoms with Gasteiger partial charge in [-0.3, -0.25) is 28.8 Å². The Labute approximate surface area is 349 Å². The zero-order valence-corrected chi connectivity index (χ0v) is 35.9. The molecule has 59 heavy (non-hydrogen) atoms. The van der Waals surface area contributed by atoms with E-state index in [1.807, 2.05) is 13.0 Å². The highest BCUT2D eigenvalue weighted by Gasteiger charge is 2.95. The lowest BCUT2D eigenvalue weighted by molar-refractivity contribution is -0.378. The van der Waals surface area contributed by atoms with E-state index in [0.29, 0.717) is 44.9 Å². The molecule has 0 aromatic carbocycles. The number of carboxylic acids is 2. The zero-order valence-electron chi connectivity index (χ0n) is 35.9. The number of carbonyl (C=O) groups excluding carboxylic acids is 4. The van der Waals surface area contributed by atoms with Crippen LogP contribution in [-0.2, 0) is 48.0 Å². The maximum atomic E-state index is 14.1. The van der Waals surface area contributed by atoms with Crippen LogP contribution in [0.4, 0.5) is 0 Å². The van der Waals surface area contributed by atoms with E-state index in [1.54, 1.807) is 0 Å². The summed E-state index contributed by atoms with van der Waals surface area (Å²) in [4.78, 5) is 91.2. The highest BCUT2D eigenvalue weighted by molar-refractivity contribution is 5.99. The number of unbranched alkanes of at least 4 members (excludes halogenated alkanes) is 7. The van der Waals surface area contributed by atoms with Gasteiger partial charge in [-0.1, -0.05) is 84.8 Å². The molecule has 2 saturated heterocycles. The van der Waals surface area contributed by atoms with Gasteiger partial charge in [0.1, 0.15) is 17.6 Å². The number of cyclic esters (lactones) is 4. The van der Waals surface area contributed by atoms with Gasteiger partial charge < -0.3 is 19.7 Å². The Hall–Kier alpha value is -3.12. The topological polar surface area (TPSA) is 180 Å². The van der Waals surface area contributed by atoms with E-state index in [-0.39, 0.29) is 59.7 Å². The van der Waals surface area contributed by atoms with Crippen LogP contribution in [0.5, 0.6) is 0 Å². The molecule has 7 rings (SSSR count). The molecule has 7 aliphatic rings. The lowest BCUT2D eigenvalue weighted by Crippen LogP contribution is -2.58. The molecule has 5 saturated carbocycles. The number of rotatable bonds is 21. The van der Waals surface area contributed by atoms with Crippen molar-refractivity contribution in [2.24, 2.45) is 75.4 Å². The van der Waals surface area contributed by atoms with Gasteiger partial charge in [0.25, 0.3) is 0 Å². The first-order valence-corrected chi connectivity index (χ1v) is 23.0. The largest absolute Gasteiger partial charge is 0.481 e. The number of esters is 4. The number of hydrogen-bond acceptors (Lipinski definition) is 10. The second-order valence-corrected chi connectivity index (χ2v) is 20.4. The summed E-state index contributed by atoms with van der Waals surface area (Å²) < 4.78 is 10.6. The summed E-state index contributed by atoms with van der Waals surface area (Å²) in [6.45, 7) is 10.7. The Morgan fingerprint density at radius 3 is 2.32 bits per heavy atom. The molecular weight excluding hydrogens is 757 g/mol. The maximum absolute atomic E-state index is 14.1. The van der Waals surface area contributed by atoms with Crippen LogP contribution in [0.25, 0.3) is 0 Å². The van der Waals surface area contributed by atoms with Crippen molar-refractivity contribution in [3.63, 3.8) is 0 Å². The Morgan fingerprint density at radius 2 is 1.64 bits per heavy atom. The molecule has 5 aliphatic carbocycles. The van der Waals surface area contributed by atoms with Gasteiger partial charge in [-0.25, -0.2) is 9.78 Å². The predicted octanol–water partition coefficient (Wildman–Crippen LogP) is 8.63. The smallest absolute Gasteiger partial charge is 0.320 e. The summed E-state index contributed by atoms with van der Waals surface area (Å²) in [6.07, 6.45) is 16.9. The standard InChI is InChI=1S/C47H68O12/c1-6-7-8-10-14-18-29(24-28(30-26-35(50)56-40(30)51)17-13-11-9-12-15-19-34(48)49)58-59-47-38-37(41(52)57-42(38)53)31-25-33-44(4)21-16-22-45(5,43(54)55)32(44)20-23-46(33,47)39(47)36(31)27(2)3/h14,18,27-33,36-39H,6-13,15-17,19-26H2,1-5H3,(H,48,49)(H,54,55)/b18-14+. The third-order valence-electron chi connectivity index (χ3n) is 17.2. The average Bonchev–Trinajstić information content (AvgIpc) is 3.46. The van der Waals surface area contributed by atoms with Crippen LogP contribution in [-0.4, -0.2) is 57.7 Å². The summed E-state index contributed by atoms with van der Waals surface area (Å²) in [6, 6.07) is 0. The van der Waals surface area contributed by atoms with Crippen molar-refractivity contribution >= 4 is 35.8 Å². The molecule has 0 aromatic rings. The molecule has 2 heterocycles. The molecule has 0 aromatic heterocycles. The number of allylic oxidation sites excluding steroid dienone is 1. The van der Waals surface area contributed by atoms with E-state index in [9.17, 15) is 33.9 Å². The normalized spacial score (nSPS) is 40.3. The first-order chi connectivity index (χ1) is 28.1. The fourth-order valence-corrected chi connectivity index (χ4v) is 14.8. The van der Waals surface area contributed by atoms with Crippen molar-refractivity contribution in [2.75, 3.05) is 0 Å². The van der Waals surface area contributed by atoms with Gasteiger partial charge in [0.2, 0.25) is 0 Å². The molecular formula is C47H68O12. The first-order valence-electron chi connectivity index (χ1n) is 23.0. The van der Waals surface area contributed by atoms with Gasteiger partial charge in [-0.2, -0.15) is 0 Å². The van der Waals surface area contributed by atoms with Crippen molar-refractivity contribution in [1.29, 1.82) is 0 Å². The molecule has 12 heteroatoms. The van der Waals surface area contributed by atoms with Gasteiger partial charge in [0.05, 0.1) is 23.7 Å².